The molecule has 2 heterocycles. The summed E-state index contributed by atoms with van der Waals surface area (Å²) in [7, 11) is 0. The Balaban J connectivity index is 1.67. The van der Waals surface area contributed by atoms with Crippen LogP contribution in [0.4, 0.5) is 5.95 Å². The Kier molecular flexibility index (Phi) is 4.52. The maximum absolute atomic E-state index is 9.11. The summed E-state index contributed by atoms with van der Waals surface area (Å²) in [5.41, 5.74) is 11.5. The summed E-state index contributed by atoms with van der Waals surface area (Å²) >= 11 is 0. The number of hydrogen-bond donors (Lipinski definition) is 1. The Morgan fingerprint density at radius 3 is 2.64 bits per heavy atom. The number of benzene rings is 2. The van der Waals surface area contributed by atoms with E-state index >= 15 is 0 Å². The third-order valence-electron chi connectivity index (χ3n) is 4.43. The number of hydrogen-bond acceptors (Lipinski definition) is 6. The lowest BCUT2D eigenvalue weighted by Crippen LogP contribution is -2.02. The molecule has 0 aliphatic rings. The summed E-state index contributed by atoms with van der Waals surface area (Å²) in [6.07, 6.45) is 1.84. The standard InChI is InChI=1S/C21H17N7/c1-14-5-2-3-7-17(14)12-28-13-20(26-27-28)19-10-18(24-21(23)25-19)16-8-4-6-15(9-16)11-22/h2-10,13H,12H2,1H3,(H2,23,24,25). The van der Waals surface area contributed by atoms with Crippen molar-refractivity contribution in [3.8, 4) is 28.7 Å². The third kappa shape index (κ3) is 3.57. The highest BCUT2D eigenvalue weighted by atomic mass is 15.4. The first kappa shape index (κ1) is 17.4. The van der Waals surface area contributed by atoms with Crippen LogP contribution in [0.25, 0.3) is 22.6 Å². The van der Waals surface area contributed by atoms with E-state index in [1.54, 1.807) is 22.9 Å². The molecule has 0 radical (unpaired) electrons. The van der Waals surface area contributed by atoms with E-state index in [0.29, 0.717) is 29.2 Å². The number of nitrogen functional groups attached to an aromatic ring is 1. The molecule has 0 unspecified atom stereocenters. The first-order chi connectivity index (χ1) is 13.6. The summed E-state index contributed by atoms with van der Waals surface area (Å²) < 4.78 is 1.77. The van der Waals surface area contributed by atoms with Crippen molar-refractivity contribution in [2.24, 2.45) is 0 Å². The number of nitrogens with zero attached hydrogens (tertiary/aromatic N) is 6. The minimum Gasteiger partial charge on any atom is -0.368 e. The monoisotopic (exact) mass is 367 g/mol. The molecule has 0 saturated heterocycles. The highest BCUT2D eigenvalue weighted by Gasteiger charge is 2.11. The van der Waals surface area contributed by atoms with Crippen molar-refractivity contribution in [1.82, 2.24) is 25.0 Å². The van der Waals surface area contributed by atoms with Gasteiger partial charge in [-0.1, -0.05) is 41.6 Å². The van der Waals surface area contributed by atoms with E-state index in [0.717, 1.165) is 5.56 Å². The highest BCUT2D eigenvalue weighted by Crippen LogP contribution is 2.24. The van der Waals surface area contributed by atoms with E-state index in [2.05, 4.69) is 45.4 Å². The largest absolute Gasteiger partial charge is 0.368 e. The van der Waals surface area contributed by atoms with Crippen molar-refractivity contribution in [3.63, 3.8) is 0 Å². The molecule has 0 atom stereocenters. The molecular formula is C21H17N7. The number of rotatable bonds is 4. The number of nitrogens with two attached hydrogens (primary N) is 1. The van der Waals surface area contributed by atoms with Gasteiger partial charge in [0, 0.05) is 5.56 Å². The average Bonchev–Trinajstić information content (AvgIpc) is 3.18. The molecule has 7 heteroatoms. The molecule has 7 nitrogen and oxygen atoms in total. The highest BCUT2D eigenvalue weighted by molar-refractivity contribution is 5.68. The normalized spacial score (nSPS) is 10.6. The molecule has 0 fully saturated rings. The Bertz CT molecular complexity index is 1190. The molecule has 2 N–H and O–H groups in total. The minimum atomic E-state index is 0.142. The van der Waals surface area contributed by atoms with Gasteiger partial charge in [-0.15, -0.1) is 5.10 Å². The summed E-state index contributed by atoms with van der Waals surface area (Å²) in [4.78, 5) is 8.59. The van der Waals surface area contributed by atoms with Crippen LogP contribution in [0.15, 0.2) is 60.8 Å². The van der Waals surface area contributed by atoms with Crippen LogP contribution < -0.4 is 5.73 Å². The lowest BCUT2D eigenvalue weighted by Gasteiger charge is -2.05. The second kappa shape index (κ2) is 7.29. The van der Waals surface area contributed by atoms with Crippen LogP contribution in [0.2, 0.25) is 0 Å². The molecule has 0 saturated carbocycles. The SMILES string of the molecule is Cc1ccccc1Cn1cc(-c2cc(-c3cccc(C#N)c3)nc(N)n2)nn1. The van der Waals surface area contributed by atoms with Gasteiger partial charge in [-0.25, -0.2) is 14.6 Å². The zero-order valence-corrected chi connectivity index (χ0v) is 15.2. The molecule has 0 amide bonds. The quantitative estimate of drug-likeness (QED) is 0.593. The molecule has 4 aromatic rings. The summed E-state index contributed by atoms with van der Waals surface area (Å²) in [5, 5.41) is 17.6. The van der Waals surface area contributed by atoms with E-state index in [4.69, 9.17) is 11.0 Å². The molecule has 0 spiro atoms. The lowest BCUT2D eigenvalue weighted by atomic mass is 10.1. The fourth-order valence-electron chi connectivity index (χ4n) is 2.95. The molecule has 4 rings (SSSR count). The zero-order chi connectivity index (χ0) is 19.5. The van der Waals surface area contributed by atoms with Gasteiger partial charge in [0.15, 0.2) is 0 Å². The van der Waals surface area contributed by atoms with Gasteiger partial charge >= 0.3 is 0 Å². The van der Waals surface area contributed by atoms with Crippen LogP contribution in [-0.2, 0) is 6.54 Å². The van der Waals surface area contributed by atoms with Crippen LogP contribution in [0.5, 0.6) is 0 Å². The van der Waals surface area contributed by atoms with E-state index in [1.807, 2.05) is 30.5 Å². The smallest absolute Gasteiger partial charge is 0.221 e. The zero-order valence-electron chi connectivity index (χ0n) is 15.2. The van der Waals surface area contributed by atoms with E-state index in [-0.39, 0.29) is 5.95 Å². The van der Waals surface area contributed by atoms with Gasteiger partial charge in [0.05, 0.1) is 35.8 Å². The van der Waals surface area contributed by atoms with Crippen LogP contribution in [-0.4, -0.2) is 25.0 Å². The molecular weight excluding hydrogens is 350 g/mol. The van der Waals surface area contributed by atoms with E-state index in [1.165, 1.54) is 11.1 Å². The Morgan fingerprint density at radius 2 is 1.82 bits per heavy atom. The van der Waals surface area contributed by atoms with Gasteiger partial charge in [0.2, 0.25) is 5.95 Å². The first-order valence-electron chi connectivity index (χ1n) is 8.72. The number of aromatic nitrogens is 5. The van der Waals surface area contributed by atoms with Crippen molar-refractivity contribution >= 4 is 5.95 Å². The average molecular weight is 367 g/mol. The maximum atomic E-state index is 9.11. The molecule has 28 heavy (non-hydrogen) atoms. The van der Waals surface area contributed by atoms with Crippen LogP contribution >= 0.6 is 0 Å². The molecule has 0 bridgehead atoms. The molecule has 136 valence electrons. The third-order valence-corrected chi connectivity index (χ3v) is 4.43. The van der Waals surface area contributed by atoms with Crippen molar-refractivity contribution < 1.29 is 0 Å². The van der Waals surface area contributed by atoms with E-state index in [9.17, 15) is 0 Å². The minimum absolute atomic E-state index is 0.142. The van der Waals surface area contributed by atoms with Gasteiger partial charge < -0.3 is 5.73 Å². The summed E-state index contributed by atoms with van der Waals surface area (Å²) in [6, 6.07) is 19.3. The molecule has 2 aromatic carbocycles. The summed E-state index contributed by atoms with van der Waals surface area (Å²) in [5.74, 6) is 0.142. The van der Waals surface area contributed by atoms with Crippen LogP contribution in [0, 0.1) is 18.3 Å². The van der Waals surface area contributed by atoms with Crippen LogP contribution in [0.1, 0.15) is 16.7 Å². The fraction of sp³-hybridized carbons (Fsp3) is 0.0952. The molecule has 0 aliphatic heterocycles. The second-order valence-electron chi connectivity index (χ2n) is 6.42. The van der Waals surface area contributed by atoms with Gasteiger partial charge in [-0.05, 0) is 36.2 Å². The Hall–Kier alpha value is -4.05. The van der Waals surface area contributed by atoms with Crippen molar-refractivity contribution in [3.05, 3.63) is 77.5 Å². The van der Waals surface area contributed by atoms with Gasteiger partial charge in [-0.3, -0.25) is 0 Å². The number of nitriles is 1. The molecule has 0 aliphatic carbocycles. The topological polar surface area (TPSA) is 106 Å². The predicted molar refractivity (Wildman–Crippen MR) is 106 cm³/mol. The van der Waals surface area contributed by atoms with Crippen LogP contribution in [0.3, 0.4) is 0 Å². The van der Waals surface area contributed by atoms with Gasteiger partial charge in [-0.2, -0.15) is 5.26 Å². The maximum Gasteiger partial charge on any atom is 0.221 e. The van der Waals surface area contributed by atoms with Crippen molar-refractivity contribution in [2.45, 2.75) is 13.5 Å². The predicted octanol–water partition coefficient (Wildman–Crippen LogP) is 3.21. The van der Waals surface area contributed by atoms with Gasteiger partial charge in [0.1, 0.15) is 5.69 Å². The van der Waals surface area contributed by atoms with E-state index < -0.39 is 0 Å². The number of anilines is 1. The second-order valence-corrected chi connectivity index (χ2v) is 6.42. The molecule has 2 aromatic heterocycles. The summed E-state index contributed by atoms with van der Waals surface area (Å²) in [6.45, 7) is 2.69. The fourth-order valence-corrected chi connectivity index (χ4v) is 2.95. The lowest BCUT2D eigenvalue weighted by molar-refractivity contribution is 0.647. The van der Waals surface area contributed by atoms with Crippen molar-refractivity contribution in [2.75, 3.05) is 5.73 Å². The Morgan fingerprint density at radius 1 is 1.00 bits per heavy atom. The Labute approximate surface area is 162 Å². The van der Waals surface area contributed by atoms with Crippen molar-refractivity contribution in [1.29, 1.82) is 5.26 Å². The first-order valence-corrected chi connectivity index (χ1v) is 8.72. The van der Waals surface area contributed by atoms with Gasteiger partial charge in [0.25, 0.3) is 0 Å². The number of aryl methyl sites for hydroxylation is 1.